The highest BCUT2D eigenvalue weighted by Gasteiger charge is 2.11. The molecule has 1 atom stereocenters. The Morgan fingerprint density at radius 1 is 1.50 bits per heavy atom. The van der Waals surface area contributed by atoms with Crippen molar-refractivity contribution in [3.63, 3.8) is 0 Å². The van der Waals surface area contributed by atoms with Gasteiger partial charge in [-0.15, -0.1) is 0 Å². The van der Waals surface area contributed by atoms with E-state index in [2.05, 4.69) is 26.6 Å². The van der Waals surface area contributed by atoms with Crippen molar-refractivity contribution < 1.29 is 4.79 Å². The monoisotopic (exact) mass is 332 g/mol. The van der Waals surface area contributed by atoms with Gasteiger partial charge < -0.3 is 10.6 Å². The van der Waals surface area contributed by atoms with Crippen molar-refractivity contribution in [3.8, 4) is 0 Å². The van der Waals surface area contributed by atoms with Crippen LogP contribution < -0.4 is 10.6 Å². The molecule has 0 saturated carbocycles. The normalized spacial score (nSPS) is 12.3. The van der Waals surface area contributed by atoms with Crippen molar-refractivity contribution >= 4 is 39.1 Å². The fourth-order valence-electron chi connectivity index (χ4n) is 1.64. The zero-order valence-electron chi connectivity index (χ0n) is 10.8. The molecule has 100 valence electrons. The standard InChI is InChI=1S/C13H18BrClN2O/c1-4-16-9(3)6-13(18)17-12-7-11(15)8(2)5-10(12)14/h5,7,9,16H,4,6H2,1-3H3,(H,17,18). The van der Waals surface area contributed by atoms with Gasteiger partial charge in [-0.2, -0.15) is 0 Å². The van der Waals surface area contributed by atoms with E-state index < -0.39 is 0 Å². The highest BCUT2D eigenvalue weighted by molar-refractivity contribution is 9.10. The maximum absolute atomic E-state index is 11.8. The summed E-state index contributed by atoms with van der Waals surface area (Å²) < 4.78 is 0.842. The zero-order valence-corrected chi connectivity index (χ0v) is 13.2. The summed E-state index contributed by atoms with van der Waals surface area (Å²) in [5.41, 5.74) is 1.68. The number of carbonyl (C=O) groups excluding carboxylic acids is 1. The molecule has 1 aromatic rings. The molecule has 0 aliphatic carbocycles. The Balaban J connectivity index is 2.67. The molecule has 0 aliphatic heterocycles. The predicted octanol–water partition coefficient (Wildman–Crippen LogP) is 3.74. The third kappa shape index (κ3) is 4.59. The van der Waals surface area contributed by atoms with Crippen molar-refractivity contribution in [3.05, 3.63) is 27.2 Å². The largest absolute Gasteiger partial charge is 0.325 e. The summed E-state index contributed by atoms with van der Waals surface area (Å²) in [6.45, 7) is 6.78. The second kappa shape index (κ2) is 7.12. The van der Waals surface area contributed by atoms with Crippen molar-refractivity contribution in [1.29, 1.82) is 0 Å². The molecule has 1 unspecified atom stereocenters. The third-order valence-corrected chi connectivity index (χ3v) is 3.63. The number of benzene rings is 1. The van der Waals surface area contributed by atoms with Gasteiger partial charge in [-0.25, -0.2) is 0 Å². The van der Waals surface area contributed by atoms with Crippen LogP contribution in [0.2, 0.25) is 5.02 Å². The third-order valence-electron chi connectivity index (χ3n) is 2.57. The lowest BCUT2D eigenvalue weighted by Crippen LogP contribution is -2.30. The van der Waals surface area contributed by atoms with Gasteiger partial charge in [0.25, 0.3) is 0 Å². The molecule has 0 heterocycles. The van der Waals surface area contributed by atoms with Crippen molar-refractivity contribution in [2.45, 2.75) is 33.2 Å². The summed E-state index contributed by atoms with van der Waals surface area (Å²) in [6.07, 6.45) is 0.436. The van der Waals surface area contributed by atoms with Gasteiger partial charge in [0, 0.05) is 22.0 Å². The molecule has 0 aliphatic rings. The van der Waals surface area contributed by atoms with Crippen LogP contribution in [-0.2, 0) is 4.79 Å². The Bertz CT molecular complexity index is 437. The summed E-state index contributed by atoms with van der Waals surface area (Å²) >= 11 is 9.46. The molecule has 1 rings (SSSR count). The lowest BCUT2D eigenvalue weighted by molar-refractivity contribution is -0.116. The molecule has 0 saturated heterocycles. The van der Waals surface area contributed by atoms with Crippen LogP contribution in [0.4, 0.5) is 5.69 Å². The second-order valence-corrected chi connectivity index (χ2v) is 5.55. The Hall–Kier alpha value is -0.580. The van der Waals surface area contributed by atoms with Crippen LogP contribution in [0.15, 0.2) is 16.6 Å². The molecule has 3 nitrogen and oxygen atoms in total. The number of halogens is 2. The van der Waals surface area contributed by atoms with Gasteiger partial charge in [-0.1, -0.05) is 18.5 Å². The SMILES string of the molecule is CCNC(C)CC(=O)Nc1cc(Cl)c(C)cc1Br. The Morgan fingerprint density at radius 2 is 2.17 bits per heavy atom. The van der Waals surface area contributed by atoms with Gasteiger partial charge >= 0.3 is 0 Å². The number of nitrogens with one attached hydrogen (secondary N) is 2. The average Bonchev–Trinajstić information content (AvgIpc) is 2.26. The fourth-order valence-corrected chi connectivity index (χ4v) is 2.36. The lowest BCUT2D eigenvalue weighted by Gasteiger charge is -2.13. The summed E-state index contributed by atoms with van der Waals surface area (Å²) in [7, 11) is 0. The van der Waals surface area contributed by atoms with Crippen LogP contribution in [0.25, 0.3) is 0 Å². The van der Waals surface area contributed by atoms with E-state index in [1.807, 2.05) is 26.8 Å². The Kier molecular flexibility index (Phi) is 6.12. The van der Waals surface area contributed by atoms with E-state index in [9.17, 15) is 4.79 Å². The van der Waals surface area contributed by atoms with Gasteiger partial charge in [0.05, 0.1) is 5.69 Å². The minimum atomic E-state index is -0.0240. The Labute approximate surface area is 121 Å². The van der Waals surface area contributed by atoms with Crippen LogP contribution in [0.1, 0.15) is 25.8 Å². The summed E-state index contributed by atoms with van der Waals surface area (Å²) in [4.78, 5) is 11.8. The van der Waals surface area contributed by atoms with Gasteiger partial charge in [0.15, 0.2) is 0 Å². The Morgan fingerprint density at radius 3 is 2.78 bits per heavy atom. The molecule has 5 heteroatoms. The lowest BCUT2D eigenvalue weighted by atomic mass is 10.2. The van der Waals surface area contributed by atoms with Gasteiger partial charge in [0.1, 0.15) is 0 Å². The smallest absolute Gasteiger partial charge is 0.225 e. The number of hydrogen-bond donors (Lipinski definition) is 2. The van der Waals surface area contributed by atoms with Crippen LogP contribution in [0, 0.1) is 6.92 Å². The van der Waals surface area contributed by atoms with Crippen LogP contribution >= 0.6 is 27.5 Å². The number of rotatable bonds is 5. The molecule has 0 radical (unpaired) electrons. The first-order chi connectivity index (χ1) is 8.43. The van der Waals surface area contributed by atoms with Crippen molar-refractivity contribution in [2.75, 3.05) is 11.9 Å². The number of amides is 1. The molecule has 0 fully saturated rings. The maximum atomic E-state index is 11.8. The summed E-state index contributed by atoms with van der Waals surface area (Å²) in [5, 5.41) is 6.70. The first-order valence-electron chi connectivity index (χ1n) is 5.93. The van der Waals surface area contributed by atoms with E-state index in [1.54, 1.807) is 6.07 Å². The summed E-state index contributed by atoms with van der Waals surface area (Å²) in [5.74, 6) is -0.0240. The van der Waals surface area contributed by atoms with Gasteiger partial charge in [0.2, 0.25) is 5.91 Å². The fraction of sp³-hybridized carbons (Fsp3) is 0.462. The van der Waals surface area contributed by atoms with Crippen LogP contribution in [0.3, 0.4) is 0 Å². The summed E-state index contributed by atoms with van der Waals surface area (Å²) in [6, 6.07) is 3.82. The second-order valence-electron chi connectivity index (χ2n) is 4.29. The van der Waals surface area contributed by atoms with Crippen molar-refractivity contribution in [2.24, 2.45) is 0 Å². The van der Waals surface area contributed by atoms with E-state index in [0.717, 1.165) is 16.6 Å². The van der Waals surface area contributed by atoms with Crippen LogP contribution in [-0.4, -0.2) is 18.5 Å². The quantitative estimate of drug-likeness (QED) is 0.862. The van der Waals surface area contributed by atoms with E-state index >= 15 is 0 Å². The highest BCUT2D eigenvalue weighted by atomic mass is 79.9. The first-order valence-corrected chi connectivity index (χ1v) is 7.10. The van der Waals surface area contributed by atoms with E-state index in [0.29, 0.717) is 17.1 Å². The molecule has 18 heavy (non-hydrogen) atoms. The van der Waals surface area contributed by atoms with Crippen LogP contribution in [0.5, 0.6) is 0 Å². The molecule has 0 aromatic heterocycles. The maximum Gasteiger partial charge on any atom is 0.225 e. The molecule has 2 N–H and O–H groups in total. The van der Waals surface area contributed by atoms with E-state index in [4.69, 9.17) is 11.6 Å². The molecule has 1 aromatic carbocycles. The first kappa shape index (κ1) is 15.5. The zero-order chi connectivity index (χ0) is 13.7. The predicted molar refractivity (Wildman–Crippen MR) is 80.3 cm³/mol. The topological polar surface area (TPSA) is 41.1 Å². The number of carbonyl (C=O) groups is 1. The molecule has 0 bridgehead atoms. The average molecular weight is 334 g/mol. The number of anilines is 1. The van der Waals surface area contributed by atoms with E-state index in [-0.39, 0.29) is 11.9 Å². The van der Waals surface area contributed by atoms with Gasteiger partial charge in [-0.05, 0) is 54.0 Å². The molecule has 1 amide bonds. The minimum Gasteiger partial charge on any atom is -0.325 e. The minimum absolute atomic E-state index is 0.0240. The molecule has 0 spiro atoms. The number of hydrogen-bond acceptors (Lipinski definition) is 2. The highest BCUT2D eigenvalue weighted by Crippen LogP contribution is 2.29. The molecular weight excluding hydrogens is 316 g/mol. The van der Waals surface area contributed by atoms with Crippen molar-refractivity contribution in [1.82, 2.24) is 5.32 Å². The van der Waals surface area contributed by atoms with E-state index in [1.165, 1.54) is 0 Å². The van der Waals surface area contributed by atoms with Gasteiger partial charge in [-0.3, -0.25) is 4.79 Å². The molecular formula is C13H18BrClN2O. The number of aryl methyl sites for hydroxylation is 1.